The van der Waals surface area contributed by atoms with E-state index >= 15 is 0 Å². The number of nitro benzene ring substituents is 1. The van der Waals surface area contributed by atoms with Crippen LogP contribution in [0.4, 0.5) is 17.1 Å². The van der Waals surface area contributed by atoms with E-state index in [9.17, 15) is 14.9 Å². The summed E-state index contributed by atoms with van der Waals surface area (Å²) in [4.78, 5) is 23.3. The van der Waals surface area contributed by atoms with E-state index < -0.39 is 11.0 Å². The van der Waals surface area contributed by atoms with E-state index in [1.807, 2.05) is 0 Å². The van der Waals surface area contributed by atoms with Gasteiger partial charge in [0.1, 0.15) is 5.70 Å². The van der Waals surface area contributed by atoms with Crippen LogP contribution in [0.5, 0.6) is 11.5 Å². The Balaban J connectivity index is 1.63. The number of hydrogen-bond acceptors (Lipinski definition) is 8. The minimum atomic E-state index is -0.862. The van der Waals surface area contributed by atoms with Gasteiger partial charge in [-0.25, -0.2) is 0 Å². The fraction of sp³-hybridized carbons (Fsp3) is 0.167. The zero-order valence-corrected chi connectivity index (χ0v) is 14.4. The van der Waals surface area contributed by atoms with E-state index in [-0.39, 0.29) is 23.1 Å². The van der Waals surface area contributed by atoms with Crippen LogP contribution in [0, 0.1) is 10.1 Å². The number of nitrogens with one attached hydrogen (secondary N) is 2. The maximum atomic E-state index is 12.8. The van der Waals surface area contributed by atoms with Crippen molar-refractivity contribution in [2.24, 2.45) is 0 Å². The number of fused-ring (bicyclic) bond motifs is 1. The number of rotatable bonds is 4. The number of non-ortho nitro benzene ring substituents is 1. The summed E-state index contributed by atoms with van der Waals surface area (Å²) in [5.41, 5.74) is 1.84. The van der Waals surface area contributed by atoms with E-state index in [1.165, 1.54) is 26.4 Å². The number of hydrogen-bond donors (Lipinski definition) is 2. The molecule has 0 radical (unpaired) electrons. The molecule has 0 amide bonds. The predicted molar refractivity (Wildman–Crippen MR) is 95.7 cm³/mol. The van der Waals surface area contributed by atoms with Gasteiger partial charge >= 0.3 is 0 Å². The van der Waals surface area contributed by atoms with E-state index in [2.05, 4.69) is 10.6 Å². The molecule has 0 fully saturated rings. The van der Waals surface area contributed by atoms with Crippen molar-refractivity contribution in [3.8, 4) is 11.5 Å². The molecule has 4 rings (SSSR count). The average Bonchev–Trinajstić information content (AvgIpc) is 3.00. The van der Waals surface area contributed by atoms with Crippen LogP contribution in [0.2, 0.25) is 0 Å². The molecule has 0 saturated heterocycles. The topological polar surface area (TPSA) is 112 Å². The highest BCUT2D eigenvalue weighted by Gasteiger charge is 2.39. The Bertz CT molecular complexity index is 1000. The number of ether oxygens (including phenoxy) is 3. The summed E-state index contributed by atoms with van der Waals surface area (Å²) < 4.78 is 16.3. The fourth-order valence-electron chi connectivity index (χ4n) is 3.03. The molecular formula is C18H15N3O6. The molecule has 0 bridgehead atoms. The lowest BCUT2D eigenvalue weighted by atomic mass is 10.0. The summed E-state index contributed by atoms with van der Waals surface area (Å²) in [6.07, 6.45) is -0.862. The Kier molecular flexibility index (Phi) is 3.84. The number of Topliss-reactive ketones (excluding diaryl/α,β-unsaturated/α-hetero) is 1. The first kappa shape index (κ1) is 16.7. The quantitative estimate of drug-likeness (QED) is 0.625. The Morgan fingerprint density at radius 1 is 1.04 bits per heavy atom. The standard InChI is InChI=1S/C18H15N3O6/c1-25-13-6-3-9(7-14(13)26-2)17-16(22)15-18(27-17)20-12-8-10(21(23)24)4-5-11(12)19-15/h3-8,17,19-20H,1-2H3/t17-/m1/s1. The summed E-state index contributed by atoms with van der Waals surface area (Å²) in [5, 5.41) is 16.9. The number of benzene rings is 2. The number of nitrogens with zero attached hydrogens (tertiary/aromatic N) is 1. The van der Waals surface area contributed by atoms with Gasteiger partial charge in [-0.2, -0.15) is 0 Å². The first-order chi connectivity index (χ1) is 13.0. The monoisotopic (exact) mass is 369 g/mol. The molecule has 0 saturated carbocycles. The molecule has 0 aliphatic carbocycles. The van der Waals surface area contributed by atoms with Gasteiger partial charge in [0.2, 0.25) is 11.7 Å². The molecule has 9 heteroatoms. The Labute approximate surface area is 153 Å². The molecule has 9 nitrogen and oxygen atoms in total. The van der Waals surface area contributed by atoms with E-state index in [0.717, 1.165) is 0 Å². The molecule has 1 atom stereocenters. The minimum absolute atomic E-state index is 0.0622. The summed E-state index contributed by atoms with van der Waals surface area (Å²) >= 11 is 0. The van der Waals surface area contributed by atoms with Crippen LogP contribution < -0.4 is 20.1 Å². The maximum absolute atomic E-state index is 12.8. The highest BCUT2D eigenvalue weighted by atomic mass is 16.6. The summed E-state index contributed by atoms with van der Waals surface area (Å²) in [5.74, 6) is 0.998. The van der Waals surface area contributed by atoms with Crippen molar-refractivity contribution in [1.29, 1.82) is 0 Å². The van der Waals surface area contributed by atoms with Gasteiger partial charge < -0.3 is 24.8 Å². The molecule has 2 aromatic rings. The smallest absolute Gasteiger partial charge is 0.271 e. The van der Waals surface area contributed by atoms with Crippen molar-refractivity contribution >= 4 is 22.8 Å². The van der Waals surface area contributed by atoms with Gasteiger partial charge in [0.15, 0.2) is 17.6 Å². The second kappa shape index (κ2) is 6.20. The summed E-state index contributed by atoms with van der Waals surface area (Å²) in [7, 11) is 3.04. The lowest BCUT2D eigenvalue weighted by molar-refractivity contribution is -0.384. The van der Waals surface area contributed by atoms with Gasteiger partial charge in [-0.15, -0.1) is 0 Å². The molecule has 2 N–H and O–H groups in total. The fourth-order valence-corrected chi connectivity index (χ4v) is 3.03. The van der Waals surface area contributed by atoms with Crippen molar-refractivity contribution in [2.75, 3.05) is 24.9 Å². The SMILES string of the molecule is COc1ccc([C@H]2OC3=C(Nc4ccc([N+](=O)[O-])cc4N3)C2=O)cc1OC. The highest BCUT2D eigenvalue weighted by Crippen LogP contribution is 2.42. The second-order valence-corrected chi connectivity index (χ2v) is 5.92. The first-order valence-corrected chi connectivity index (χ1v) is 8.01. The molecule has 0 unspecified atom stereocenters. The third-order valence-electron chi connectivity index (χ3n) is 4.38. The molecule has 2 aromatic carbocycles. The summed E-state index contributed by atoms with van der Waals surface area (Å²) in [6, 6.07) is 9.38. The molecule has 138 valence electrons. The van der Waals surface area contributed by atoms with E-state index in [0.29, 0.717) is 28.4 Å². The first-order valence-electron chi connectivity index (χ1n) is 8.01. The molecule has 2 aliphatic rings. The van der Waals surface area contributed by atoms with Crippen LogP contribution in [-0.2, 0) is 9.53 Å². The highest BCUT2D eigenvalue weighted by molar-refractivity contribution is 6.06. The molecular weight excluding hydrogens is 354 g/mol. The number of nitro groups is 1. The number of methoxy groups -OCH3 is 2. The van der Waals surface area contributed by atoms with Gasteiger partial charge in [0, 0.05) is 17.7 Å². The predicted octanol–water partition coefficient (Wildman–Crippen LogP) is 2.96. The molecule has 0 spiro atoms. The molecule has 2 aliphatic heterocycles. The zero-order valence-electron chi connectivity index (χ0n) is 14.4. The molecule has 2 heterocycles. The Morgan fingerprint density at radius 2 is 1.81 bits per heavy atom. The number of anilines is 2. The zero-order chi connectivity index (χ0) is 19.1. The van der Waals surface area contributed by atoms with Crippen molar-refractivity contribution in [3.05, 3.63) is 63.7 Å². The van der Waals surface area contributed by atoms with E-state index in [1.54, 1.807) is 24.3 Å². The normalized spacial score (nSPS) is 17.3. The Morgan fingerprint density at radius 3 is 2.52 bits per heavy atom. The van der Waals surface area contributed by atoms with Crippen molar-refractivity contribution in [2.45, 2.75) is 6.10 Å². The maximum Gasteiger partial charge on any atom is 0.271 e. The van der Waals surface area contributed by atoms with Crippen LogP contribution in [-0.4, -0.2) is 24.9 Å². The van der Waals surface area contributed by atoms with Crippen LogP contribution in [0.25, 0.3) is 0 Å². The third-order valence-corrected chi connectivity index (χ3v) is 4.38. The van der Waals surface area contributed by atoms with Gasteiger partial charge in [-0.1, -0.05) is 6.07 Å². The van der Waals surface area contributed by atoms with Crippen molar-refractivity contribution in [3.63, 3.8) is 0 Å². The third kappa shape index (κ3) is 2.69. The largest absolute Gasteiger partial charge is 0.493 e. The lowest BCUT2D eigenvalue weighted by Gasteiger charge is -2.19. The van der Waals surface area contributed by atoms with Crippen molar-refractivity contribution < 1.29 is 23.9 Å². The van der Waals surface area contributed by atoms with Gasteiger partial charge in [-0.3, -0.25) is 14.9 Å². The number of ketones is 1. The van der Waals surface area contributed by atoms with Crippen LogP contribution in [0.15, 0.2) is 48.0 Å². The van der Waals surface area contributed by atoms with Gasteiger partial charge in [-0.05, 0) is 18.2 Å². The van der Waals surface area contributed by atoms with Crippen molar-refractivity contribution in [1.82, 2.24) is 0 Å². The minimum Gasteiger partial charge on any atom is -0.493 e. The molecule has 0 aromatic heterocycles. The second-order valence-electron chi connectivity index (χ2n) is 5.92. The van der Waals surface area contributed by atoms with Gasteiger partial charge in [0.05, 0.1) is 30.5 Å². The van der Waals surface area contributed by atoms with E-state index in [4.69, 9.17) is 14.2 Å². The van der Waals surface area contributed by atoms with Crippen LogP contribution in [0.1, 0.15) is 11.7 Å². The van der Waals surface area contributed by atoms with Crippen LogP contribution in [0.3, 0.4) is 0 Å². The Hall–Kier alpha value is -3.75. The average molecular weight is 369 g/mol. The van der Waals surface area contributed by atoms with Gasteiger partial charge in [0.25, 0.3) is 5.69 Å². The lowest BCUT2D eigenvalue weighted by Crippen LogP contribution is -2.18. The van der Waals surface area contributed by atoms with Crippen LogP contribution >= 0.6 is 0 Å². The summed E-state index contributed by atoms with van der Waals surface area (Å²) in [6.45, 7) is 0. The number of carbonyl (C=O) groups is 1. The number of carbonyl (C=O) groups excluding carboxylic acids is 1. The molecule has 27 heavy (non-hydrogen) atoms.